The molecule has 0 amide bonds. The van der Waals surface area contributed by atoms with Gasteiger partial charge in [0, 0.05) is 22.6 Å². The number of aromatic nitrogens is 3. The highest BCUT2D eigenvalue weighted by Gasteiger charge is 2.28. The lowest BCUT2D eigenvalue weighted by atomic mass is 10.00. The van der Waals surface area contributed by atoms with Crippen LogP contribution in [0.25, 0.3) is 44.2 Å². The minimum atomic E-state index is -0.234. The van der Waals surface area contributed by atoms with Crippen LogP contribution in [0.15, 0.2) is 44.3 Å². The number of ether oxygens (including phenoxy) is 3. The average Bonchev–Trinajstić information content (AvgIpc) is 3.59. The van der Waals surface area contributed by atoms with E-state index in [1.165, 1.54) is 19.2 Å². The Morgan fingerprint density at radius 3 is 2.46 bits per heavy atom. The van der Waals surface area contributed by atoms with Gasteiger partial charge in [-0.2, -0.15) is 0 Å². The molecule has 1 saturated carbocycles. The van der Waals surface area contributed by atoms with Crippen LogP contribution in [0.4, 0.5) is 0 Å². The number of hydrogen-bond donors (Lipinski definition) is 2. The molecule has 6 rings (SSSR count). The van der Waals surface area contributed by atoms with Crippen LogP contribution in [0.5, 0.6) is 17.2 Å². The molecule has 3 aromatic heterocycles. The molecular formula is C26H25N3O6. The summed E-state index contributed by atoms with van der Waals surface area (Å²) in [4.78, 5) is 29.0. The molecule has 0 spiro atoms. The Balaban J connectivity index is 1.81. The van der Waals surface area contributed by atoms with Crippen LogP contribution in [0.1, 0.15) is 31.7 Å². The lowest BCUT2D eigenvalue weighted by molar-refractivity contribution is 0.325. The smallest absolute Gasteiger partial charge is 0.274 e. The zero-order valence-electron chi connectivity index (χ0n) is 19.7. The summed E-state index contributed by atoms with van der Waals surface area (Å²) in [6.45, 7) is 0. The number of methoxy groups -OCH3 is 3. The first-order valence-electron chi connectivity index (χ1n) is 11.6. The van der Waals surface area contributed by atoms with Crippen LogP contribution >= 0.6 is 0 Å². The number of fused-ring (bicyclic) bond motifs is 4. The van der Waals surface area contributed by atoms with Gasteiger partial charge in [0.2, 0.25) is 5.75 Å². The molecule has 2 N–H and O–H groups in total. The van der Waals surface area contributed by atoms with Crippen LogP contribution in [-0.4, -0.2) is 36.1 Å². The summed E-state index contributed by atoms with van der Waals surface area (Å²) >= 11 is 0. The summed E-state index contributed by atoms with van der Waals surface area (Å²) in [6.07, 6.45) is 4.22. The zero-order valence-corrected chi connectivity index (χ0v) is 19.7. The number of pyridine rings is 1. The first-order valence-corrected chi connectivity index (χ1v) is 11.6. The zero-order chi connectivity index (χ0) is 24.3. The quantitative estimate of drug-likeness (QED) is 0.380. The standard InChI is InChI=1S/C26H25N3O6/c1-32-17-11-10-16(22(33-2)23(17)34-3)19-20-25(29(28-26(20)31)13-6-4-5-7-13)27-21-15-9-8-14(30)12-18(15)35-24(19)21/h8-13,27H,4-7H2,1-3H3,(H,28,31). The fourth-order valence-corrected chi connectivity index (χ4v) is 5.40. The van der Waals surface area contributed by atoms with Crippen molar-refractivity contribution in [2.45, 2.75) is 31.7 Å². The van der Waals surface area contributed by atoms with Gasteiger partial charge in [-0.1, -0.05) is 12.8 Å². The lowest BCUT2D eigenvalue weighted by Gasteiger charge is -2.17. The first kappa shape index (κ1) is 21.4. The molecule has 35 heavy (non-hydrogen) atoms. The third-order valence-electron chi connectivity index (χ3n) is 6.97. The number of nitrogens with one attached hydrogen (secondary N) is 2. The van der Waals surface area contributed by atoms with E-state index in [0.717, 1.165) is 31.1 Å². The molecule has 2 aromatic carbocycles. The second kappa shape index (κ2) is 7.97. The van der Waals surface area contributed by atoms with Gasteiger partial charge in [0.25, 0.3) is 5.56 Å². The SMILES string of the molecule is COc1ccc(-c2c3oc4cc(=O)ccc4c3[nH]c3c2c(=O)[nH]n3C2CCCC2)c(OC)c1OC. The number of rotatable bonds is 5. The van der Waals surface area contributed by atoms with E-state index in [9.17, 15) is 9.59 Å². The van der Waals surface area contributed by atoms with Crippen molar-refractivity contribution >= 4 is 33.1 Å². The minimum absolute atomic E-state index is 0.153. The molecule has 1 aliphatic carbocycles. The molecule has 0 unspecified atom stereocenters. The predicted molar refractivity (Wildman–Crippen MR) is 133 cm³/mol. The Labute approximate surface area is 199 Å². The summed E-state index contributed by atoms with van der Waals surface area (Å²) in [5, 5.41) is 4.27. The molecule has 0 bridgehead atoms. The normalized spacial score (nSPS) is 14.4. The number of furan rings is 1. The second-order valence-electron chi connectivity index (χ2n) is 8.82. The largest absolute Gasteiger partial charge is 0.493 e. The van der Waals surface area contributed by atoms with Gasteiger partial charge in [-0.25, -0.2) is 0 Å². The molecule has 0 atom stereocenters. The molecule has 1 aliphatic rings. The third-order valence-corrected chi connectivity index (χ3v) is 6.97. The Morgan fingerprint density at radius 1 is 0.971 bits per heavy atom. The molecule has 1 fully saturated rings. The van der Waals surface area contributed by atoms with Crippen molar-refractivity contribution in [3.8, 4) is 28.4 Å². The Kier molecular flexibility index (Phi) is 4.87. The van der Waals surface area contributed by atoms with Crippen molar-refractivity contribution < 1.29 is 18.6 Å². The summed E-state index contributed by atoms with van der Waals surface area (Å²) in [5.74, 6) is 1.32. The first-order chi connectivity index (χ1) is 17.0. The monoisotopic (exact) mass is 475 g/mol. The minimum Gasteiger partial charge on any atom is -0.493 e. The molecule has 9 heteroatoms. The van der Waals surface area contributed by atoms with Crippen LogP contribution in [0.3, 0.4) is 0 Å². The lowest BCUT2D eigenvalue weighted by Crippen LogP contribution is -2.10. The highest BCUT2D eigenvalue weighted by atomic mass is 16.5. The van der Waals surface area contributed by atoms with E-state index in [2.05, 4.69) is 10.1 Å². The summed E-state index contributed by atoms with van der Waals surface area (Å²) in [7, 11) is 4.63. The number of hydrogen-bond acceptors (Lipinski definition) is 6. The van der Waals surface area contributed by atoms with Gasteiger partial charge in [0.1, 0.15) is 11.2 Å². The fraction of sp³-hybridized carbons (Fsp3) is 0.308. The predicted octanol–water partition coefficient (Wildman–Crippen LogP) is 4.73. The molecule has 0 radical (unpaired) electrons. The van der Waals surface area contributed by atoms with E-state index >= 15 is 0 Å². The maximum absolute atomic E-state index is 13.5. The average molecular weight is 476 g/mol. The Morgan fingerprint density at radius 2 is 1.74 bits per heavy atom. The van der Waals surface area contributed by atoms with Crippen LogP contribution in [0.2, 0.25) is 0 Å². The van der Waals surface area contributed by atoms with Gasteiger partial charge < -0.3 is 23.6 Å². The van der Waals surface area contributed by atoms with Gasteiger partial charge in [-0.3, -0.25) is 19.4 Å². The molecule has 0 aliphatic heterocycles. The fourth-order valence-electron chi connectivity index (χ4n) is 5.40. The topological polar surface area (TPSA) is 111 Å². The number of H-pyrrole nitrogens is 2. The maximum atomic E-state index is 13.5. The van der Waals surface area contributed by atoms with Crippen LogP contribution in [0, 0.1) is 0 Å². The third kappa shape index (κ3) is 3.07. The van der Waals surface area contributed by atoms with Crippen molar-refractivity contribution in [1.82, 2.24) is 14.8 Å². The molecule has 5 aromatic rings. The van der Waals surface area contributed by atoms with Crippen LogP contribution < -0.4 is 25.2 Å². The Bertz CT molecular complexity index is 1720. The van der Waals surface area contributed by atoms with E-state index in [0.29, 0.717) is 56.1 Å². The van der Waals surface area contributed by atoms with Gasteiger partial charge in [-0.15, -0.1) is 0 Å². The van der Waals surface area contributed by atoms with Crippen LogP contribution in [-0.2, 0) is 0 Å². The van der Waals surface area contributed by atoms with E-state index in [-0.39, 0.29) is 17.0 Å². The number of aromatic amines is 2. The highest BCUT2D eigenvalue weighted by Crippen LogP contribution is 2.48. The van der Waals surface area contributed by atoms with E-state index in [4.69, 9.17) is 18.6 Å². The summed E-state index contributed by atoms with van der Waals surface area (Å²) in [6, 6.07) is 8.50. The summed E-state index contributed by atoms with van der Waals surface area (Å²) < 4.78 is 25.0. The second-order valence-corrected chi connectivity index (χ2v) is 8.82. The number of nitrogens with zero attached hydrogens (tertiary/aromatic N) is 1. The van der Waals surface area contributed by atoms with Crippen molar-refractivity contribution in [1.29, 1.82) is 0 Å². The van der Waals surface area contributed by atoms with Crippen molar-refractivity contribution in [2.24, 2.45) is 0 Å². The van der Waals surface area contributed by atoms with E-state index in [1.54, 1.807) is 26.4 Å². The van der Waals surface area contributed by atoms with E-state index in [1.807, 2.05) is 10.7 Å². The van der Waals surface area contributed by atoms with Gasteiger partial charge in [0.05, 0.1) is 38.3 Å². The van der Waals surface area contributed by atoms with Gasteiger partial charge in [-0.05, 0) is 37.1 Å². The van der Waals surface area contributed by atoms with Gasteiger partial charge >= 0.3 is 0 Å². The molecule has 0 saturated heterocycles. The van der Waals surface area contributed by atoms with Crippen molar-refractivity contribution in [2.75, 3.05) is 21.3 Å². The highest BCUT2D eigenvalue weighted by molar-refractivity contribution is 6.15. The summed E-state index contributed by atoms with van der Waals surface area (Å²) in [5.41, 5.74) is 3.07. The van der Waals surface area contributed by atoms with Crippen molar-refractivity contribution in [3.63, 3.8) is 0 Å². The maximum Gasteiger partial charge on any atom is 0.274 e. The Hall–Kier alpha value is -4.14. The molecule has 3 heterocycles. The van der Waals surface area contributed by atoms with Crippen molar-refractivity contribution in [3.05, 3.63) is 50.9 Å². The molecule has 180 valence electrons. The van der Waals surface area contributed by atoms with Gasteiger partial charge in [0.15, 0.2) is 22.5 Å². The van der Waals surface area contributed by atoms with E-state index < -0.39 is 0 Å². The number of benzene rings is 2. The molecular weight excluding hydrogens is 450 g/mol. The molecule has 9 nitrogen and oxygen atoms in total.